The zero-order valence-corrected chi connectivity index (χ0v) is 17.6. The molecule has 1 amide bonds. The van der Waals surface area contributed by atoms with Gasteiger partial charge in [-0.1, -0.05) is 35.6 Å². The highest BCUT2D eigenvalue weighted by Crippen LogP contribution is 2.36. The van der Waals surface area contributed by atoms with E-state index in [1.807, 2.05) is 0 Å². The van der Waals surface area contributed by atoms with E-state index in [1.165, 1.54) is 30.3 Å². The highest BCUT2D eigenvalue weighted by Gasteiger charge is 2.41. The number of nitro benzene ring substituents is 1. The first-order chi connectivity index (χ1) is 14.6. The van der Waals surface area contributed by atoms with Gasteiger partial charge in [-0.25, -0.2) is 4.79 Å². The fourth-order valence-corrected chi connectivity index (χ4v) is 4.33. The summed E-state index contributed by atoms with van der Waals surface area (Å²) in [4.78, 5) is 46.1. The molecule has 10 nitrogen and oxygen atoms in total. The van der Waals surface area contributed by atoms with Crippen molar-refractivity contribution in [1.82, 2.24) is 4.90 Å². The van der Waals surface area contributed by atoms with Crippen LogP contribution in [0.5, 0.6) is 0 Å². The Balaban J connectivity index is 1.87. The molecule has 0 aliphatic carbocycles. The first kappa shape index (κ1) is 22.5. The van der Waals surface area contributed by atoms with Crippen molar-refractivity contribution < 1.29 is 33.9 Å². The normalized spacial score (nSPS) is 16.0. The third kappa shape index (κ3) is 4.76. The van der Waals surface area contributed by atoms with E-state index in [1.54, 1.807) is 6.07 Å². The van der Waals surface area contributed by atoms with Crippen molar-refractivity contribution in [1.29, 1.82) is 0 Å². The predicted molar refractivity (Wildman–Crippen MR) is 114 cm³/mol. The molecule has 0 bridgehead atoms. The van der Waals surface area contributed by atoms with Crippen LogP contribution in [0.1, 0.15) is 12.2 Å². The number of carbonyl (C=O) groups excluding carboxylic acids is 1. The summed E-state index contributed by atoms with van der Waals surface area (Å²) in [7, 11) is 0. The molecule has 2 aromatic rings. The molecule has 1 saturated heterocycles. The minimum atomic E-state index is -1.64. The number of carboxylic acid groups (broad SMARTS) is 2. The molecule has 1 aliphatic rings. The Bertz CT molecular complexity index is 1160. The van der Waals surface area contributed by atoms with Crippen molar-refractivity contribution in [2.24, 2.45) is 0 Å². The van der Waals surface area contributed by atoms with E-state index in [0.29, 0.717) is 5.56 Å². The van der Waals surface area contributed by atoms with Crippen LogP contribution in [-0.2, 0) is 14.4 Å². The number of halogens is 1. The van der Waals surface area contributed by atoms with Crippen LogP contribution < -0.4 is 0 Å². The van der Waals surface area contributed by atoms with Crippen molar-refractivity contribution in [3.8, 4) is 11.3 Å². The molecule has 0 saturated carbocycles. The molecular weight excluding hydrogens is 472 g/mol. The second-order valence-corrected chi connectivity index (χ2v) is 8.21. The molecule has 0 spiro atoms. The summed E-state index contributed by atoms with van der Waals surface area (Å²) >= 11 is 12.0. The molecule has 1 aromatic heterocycles. The average Bonchev–Trinajstić information content (AvgIpc) is 3.24. The Hall–Kier alpha value is -3.22. The predicted octanol–water partition coefficient (Wildman–Crippen LogP) is 3.64. The van der Waals surface area contributed by atoms with Crippen molar-refractivity contribution in [3.05, 3.63) is 56.1 Å². The monoisotopic (exact) mass is 482 g/mol. The number of furan rings is 1. The average molecular weight is 483 g/mol. The van der Waals surface area contributed by atoms with Crippen molar-refractivity contribution in [2.75, 3.05) is 0 Å². The third-order valence-electron chi connectivity index (χ3n) is 4.12. The van der Waals surface area contributed by atoms with E-state index >= 15 is 0 Å². The smallest absolute Gasteiger partial charge is 0.327 e. The zero-order valence-electron chi connectivity index (χ0n) is 15.2. The largest absolute Gasteiger partial charge is 0.481 e. The van der Waals surface area contributed by atoms with Gasteiger partial charge in [-0.2, -0.15) is 0 Å². The minimum Gasteiger partial charge on any atom is -0.481 e. The second kappa shape index (κ2) is 8.88. The molecule has 1 aromatic carbocycles. The molecule has 31 heavy (non-hydrogen) atoms. The highest BCUT2D eigenvalue weighted by atomic mass is 35.5. The fraction of sp³-hybridized carbons (Fsp3) is 0.111. The Kier molecular flexibility index (Phi) is 6.43. The van der Waals surface area contributed by atoms with Crippen LogP contribution in [0.3, 0.4) is 0 Å². The lowest BCUT2D eigenvalue weighted by Gasteiger charge is -2.21. The molecule has 2 heterocycles. The summed E-state index contributed by atoms with van der Waals surface area (Å²) < 4.78 is 5.55. The molecule has 1 aliphatic heterocycles. The number of hydrogen-bond acceptors (Lipinski definition) is 8. The van der Waals surface area contributed by atoms with Crippen LogP contribution >= 0.6 is 35.6 Å². The number of hydrogen-bond donors (Lipinski definition) is 2. The first-order valence-corrected chi connectivity index (χ1v) is 9.94. The Morgan fingerprint density at radius 1 is 1.32 bits per heavy atom. The Labute approximate surface area is 188 Å². The number of thiocarbonyl (C=S) groups is 1. The van der Waals surface area contributed by atoms with Gasteiger partial charge in [0.1, 0.15) is 21.9 Å². The van der Waals surface area contributed by atoms with Crippen LogP contribution in [0.15, 0.2) is 39.7 Å². The maximum Gasteiger partial charge on any atom is 0.327 e. The maximum absolute atomic E-state index is 12.6. The number of carboxylic acids is 2. The maximum atomic E-state index is 12.6. The van der Waals surface area contributed by atoms with Gasteiger partial charge in [0.25, 0.3) is 11.6 Å². The zero-order chi connectivity index (χ0) is 22.9. The van der Waals surface area contributed by atoms with E-state index in [4.69, 9.17) is 33.3 Å². The number of amides is 1. The van der Waals surface area contributed by atoms with Gasteiger partial charge in [0.05, 0.1) is 21.3 Å². The lowest BCUT2D eigenvalue weighted by Crippen LogP contribution is -2.45. The van der Waals surface area contributed by atoms with Crippen LogP contribution in [-0.4, -0.2) is 48.2 Å². The lowest BCUT2D eigenvalue weighted by atomic mass is 10.1. The van der Waals surface area contributed by atoms with E-state index in [0.717, 1.165) is 16.7 Å². The van der Waals surface area contributed by atoms with Crippen LogP contribution in [0, 0.1) is 10.1 Å². The van der Waals surface area contributed by atoms with E-state index < -0.39 is 35.2 Å². The number of nitro groups is 1. The van der Waals surface area contributed by atoms with Crippen molar-refractivity contribution in [2.45, 2.75) is 12.5 Å². The van der Waals surface area contributed by atoms with Gasteiger partial charge in [0, 0.05) is 23.8 Å². The molecule has 1 fully saturated rings. The molecule has 13 heteroatoms. The Morgan fingerprint density at radius 3 is 2.61 bits per heavy atom. The second-order valence-electron chi connectivity index (χ2n) is 6.13. The van der Waals surface area contributed by atoms with E-state index in [2.05, 4.69) is 0 Å². The minimum absolute atomic E-state index is 0.0531. The van der Waals surface area contributed by atoms with Gasteiger partial charge in [-0.3, -0.25) is 24.6 Å². The Morgan fingerprint density at radius 2 is 2.03 bits per heavy atom. The number of benzene rings is 1. The number of non-ortho nitro benzene ring substituents is 1. The summed E-state index contributed by atoms with van der Waals surface area (Å²) in [5.41, 5.74) is 0.213. The van der Waals surface area contributed by atoms with Gasteiger partial charge >= 0.3 is 11.9 Å². The lowest BCUT2D eigenvalue weighted by molar-refractivity contribution is -0.384. The van der Waals surface area contributed by atoms with Gasteiger partial charge in [0.15, 0.2) is 0 Å². The molecule has 160 valence electrons. The summed E-state index contributed by atoms with van der Waals surface area (Å²) in [6.45, 7) is 0. The number of aliphatic carboxylic acids is 2. The molecule has 0 radical (unpaired) electrons. The van der Waals surface area contributed by atoms with Gasteiger partial charge in [-0.05, 0) is 18.2 Å². The molecule has 3 rings (SSSR count). The highest BCUT2D eigenvalue weighted by molar-refractivity contribution is 8.26. The molecular formula is C18H11ClN2O8S2. The fourth-order valence-electron chi connectivity index (χ4n) is 2.72. The van der Waals surface area contributed by atoms with E-state index in [-0.39, 0.29) is 31.5 Å². The summed E-state index contributed by atoms with van der Waals surface area (Å²) in [5.74, 6) is -3.13. The van der Waals surface area contributed by atoms with Crippen LogP contribution in [0.4, 0.5) is 5.69 Å². The number of thioether (sulfide) groups is 1. The van der Waals surface area contributed by atoms with Crippen LogP contribution in [0.25, 0.3) is 17.4 Å². The number of nitrogens with zero attached hydrogens (tertiary/aromatic N) is 2. The summed E-state index contributed by atoms with van der Waals surface area (Å²) in [5, 5.41) is 29.1. The van der Waals surface area contributed by atoms with Crippen LogP contribution in [0.2, 0.25) is 5.02 Å². The van der Waals surface area contributed by atoms with Crippen molar-refractivity contribution >= 4 is 69.5 Å². The summed E-state index contributed by atoms with van der Waals surface area (Å²) in [6, 6.07) is 5.30. The molecule has 1 unspecified atom stereocenters. The quantitative estimate of drug-likeness (QED) is 0.259. The standard InChI is InChI=1S/C18H11ClN2O8S2/c19-11-5-8(21(27)28)1-3-10(11)13-4-2-9(29-13)6-14-16(24)20(18(30)31-14)12(17(25)26)7-15(22)23/h1-6,12H,7H2,(H,22,23)(H,25,26)/b14-6-. The van der Waals surface area contributed by atoms with Gasteiger partial charge in [0.2, 0.25) is 0 Å². The SMILES string of the molecule is O=C(O)CC(C(=O)O)N1C(=O)/C(=C/c2ccc(-c3ccc([N+](=O)[O-])cc3Cl)o2)SC1=S. The van der Waals surface area contributed by atoms with Crippen molar-refractivity contribution in [3.63, 3.8) is 0 Å². The third-order valence-corrected chi connectivity index (χ3v) is 5.76. The topological polar surface area (TPSA) is 151 Å². The molecule has 2 N–H and O–H groups in total. The molecule has 1 atom stereocenters. The van der Waals surface area contributed by atoms with Gasteiger partial charge < -0.3 is 14.6 Å². The number of rotatable bonds is 7. The van der Waals surface area contributed by atoms with Gasteiger partial charge in [-0.15, -0.1) is 0 Å². The number of carbonyl (C=O) groups is 3. The van der Waals surface area contributed by atoms with E-state index in [9.17, 15) is 29.6 Å². The first-order valence-electron chi connectivity index (χ1n) is 8.34. The summed E-state index contributed by atoms with van der Waals surface area (Å²) in [6.07, 6.45) is 0.528.